The van der Waals surface area contributed by atoms with Crippen molar-refractivity contribution in [3.05, 3.63) is 0 Å². The highest BCUT2D eigenvalue weighted by Gasteiger charge is 2.20. The third kappa shape index (κ3) is 4.04. The minimum absolute atomic E-state index is 0.305. The number of hydrazine groups is 1. The van der Waals surface area contributed by atoms with Crippen molar-refractivity contribution in [3.8, 4) is 0 Å². The SMILES string of the molecule is O=C(CCN1CCCC1)C(=O)NN1CCNCC1. The van der Waals surface area contributed by atoms with Crippen LogP contribution < -0.4 is 10.7 Å². The van der Waals surface area contributed by atoms with E-state index in [-0.39, 0.29) is 5.78 Å². The molecule has 18 heavy (non-hydrogen) atoms. The molecule has 2 rings (SSSR count). The average Bonchev–Trinajstić information content (AvgIpc) is 2.90. The zero-order valence-electron chi connectivity index (χ0n) is 10.8. The lowest BCUT2D eigenvalue weighted by Gasteiger charge is -2.27. The maximum Gasteiger partial charge on any atom is 0.301 e. The van der Waals surface area contributed by atoms with Gasteiger partial charge >= 0.3 is 5.91 Å². The zero-order chi connectivity index (χ0) is 12.8. The van der Waals surface area contributed by atoms with Crippen LogP contribution in [0.3, 0.4) is 0 Å². The second-order valence-corrected chi connectivity index (χ2v) is 4.90. The number of amides is 1. The van der Waals surface area contributed by atoms with Crippen LogP contribution in [0.2, 0.25) is 0 Å². The molecular weight excluding hydrogens is 232 g/mol. The molecule has 2 heterocycles. The highest BCUT2D eigenvalue weighted by atomic mass is 16.2. The number of piperazine rings is 1. The van der Waals surface area contributed by atoms with E-state index in [1.165, 1.54) is 12.8 Å². The van der Waals surface area contributed by atoms with Gasteiger partial charge in [-0.3, -0.25) is 15.0 Å². The van der Waals surface area contributed by atoms with Gasteiger partial charge in [-0.15, -0.1) is 0 Å². The fraction of sp³-hybridized carbons (Fsp3) is 0.833. The van der Waals surface area contributed by atoms with Crippen LogP contribution in [-0.2, 0) is 9.59 Å². The van der Waals surface area contributed by atoms with Crippen molar-refractivity contribution in [2.24, 2.45) is 0 Å². The molecule has 0 radical (unpaired) electrons. The van der Waals surface area contributed by atoms with Crippen LogP contribution in [0, 0.1) is 0 Å². The highest BCUT2D eigenvalue weighted by molar-refractivity contribution is 6.36. The highest BCUT2D eigenvalue weighted by Crippen LogP contribution is 2.07. The van der Waals surface area contributed by atoms with E-state index in [1.807, 2.05) is 5.01 Å². The van der Waals surface area contributed by atoms with Crippen LogP contribution >= 0.6 is 0 Å². The van der Waals surface area contributed by atoms with Gasteiger partial charge in [0.25, 0.3) is 0 Å². The zero-order valence-corrected chi connectivity index (χ0v) is 10.8. The second-order valence-electron chi connectivity index (χ2n) is 4.90. The third-order valence-corrected chi connectivity index (χ3v) is 3.48. The minimum Gasteiger partial charge on any atom is -0.314 e. The summed E-state index contributed by atoms with van der Waals surface area (Å²) in [5.41, 5.74) is 2.68. The molecule has 6 nitrogen and oxygen atoms in total. The molecule has 1 amide bonds. The van der Waals surface area contributed by atoms with Crippen molar-refractivity contribution >= 4 is 11.7 Å². The summed E-state index contributed by atoms with van der Waals surface area (Å²) in [6.07, 6.45) is 2.75. The number of Topliss-reactive ketones (excluding diaryl/α,β-unsaturated/α-hetero) is 1. The maximum atomic E-state index is 11.7. The van der Waals surface area contributed by atoms with Crippen molar-refractivity contribution < 1.29 is 9.59 Å². The van der Waals surface area contributed by atoms with E-state index in [4.69, 9.17) is 0 Å². The van der Waals surface area contributed by atoms with Gasteiger partial charge in [0.1, 0.15) is 0 Å². The van der Waals surface area contributed by atoms with Gasteiger partial charge in [0.2, 0.25) is 5.78 Å². The minimum atomic E-state index is -0.462. The molecule has 2 fully saturated rings. The van der Waals surface area contributed by atoms with Crippen LogP contribution in [0.25, 0.3) is 0 Å². The molecule has 0 aromatic carbocycles. The lowest BCUT2D eigenvalue weighted by atomic mass is 10.2. The summed E-state index contributed by atoms with van der Waals surface area (Å²) in [5.74, 6) is -0.767. The molecule has 0 aromatic heterocycles. The Hall–Kier alpha value is -0.980. The van der Waals surface area contributed by atoms with Gasteiger partial charge in [0.15, 0.2) is 0 Å². The summed E-state index contributed by atoms with van der Waals surface area (Å²) in [7, 11) is 0. The van der Waals surface area contributed by atoms with Crippen molar-refractivity contribution in [1.29, 1.82) is 0 Å². The summed E-state index contributed by atoms with van der Waals surface area (Å²) in [6, 6.07) is 0. The van der Waals surface area contributed by atoms with Gasteiger partial charge in [-0.25, -0.2) is 5.01 Å². The summed E-state index contributed by atoms with van der Waals surface area (Å²) >= 11 is 0. The van der Waals surface area contributed by atoms with Crippen molar-refractivity contribution in [2.75, 3.05) is 45.8 Å². The van der Waals surface area contributed by atoms with Gasteiger partial charge in [0, 0.05) is 39.1 Å². The maximum absolute atomic E-state index is 11.7. The summed E-state index contributed by atoms with van der Waals surface area (Å²) < 4.78 is 0. The first-order valence-corrected chi connectivity index (χ1v) is 6.77. The number of carbonyl (C=O) groups is 2. The molecule has 2 N–H and O–H groups in total. The Kier molecular flexibility index (Phi) is 5.10. The van der Waals surface area contributed by atoms with Gasteiger partial charge in [-0.1, -0.05) is 0 Å². The molecule has 0 spiro atoms. The molecule has 2 saturated heterocycles. The normalized spacial score (nSPS) is 22.0. The van der Waals surface area contributed by atoms with Crippen molar-refractivity contribution in [3.63, 3.8) is 0 Å². The molecule has 0 aromatic rings. The molecule has 102 valence electrons. The van der Waals surface area contributed by atoms with E-state index in [0.29, 0.717) is 13.0 Å². The summed E-state index contributed by atoms with van der Waals surface area (Å²) in [6.45, 7) is 6.05. The Labute approximate surface area is 108 Å². The Bertz CT molecular complexity index is 296. The first-order chi connectivity index (χ1) is 8.75. The topological polar surface area (TPSA) is 64.7 Å². The lowest BCUT2D eigenvalue weighted by molar-refractivity contribution is -0.141. The van der Waals surface area contributed by atoms with Crippen LogP contribution in [-0.4, -0.2) is 67.4 Å². The predicted molar refractivity (Wildman–Crippen MR) is 67.9 cm³/mol. The number of carbonyl (C=O) groups excluding carboxylic acids is 2. The Balaban J connectivity index is 1.65. The van der Waals surface area contributed by atoms with E-state index in [0.717, 1.165) is 39.3 Å². The number of nitrogens with zero attached hydrogens (tertiary/aromatic N) is 2. The average molecular weight is 254 g/mol. The number of nitrogens with one attached hydrogen (secondary N) is 2. The van der Waals surface area contributed by atoms with E-state index in [9.17, 15) is 9.59 Å². The fourth-order valence-electron chi connectivity index (χ4n) is 2.36. The molecular formula is C12H22N4O2. The predicted octanol–water partition coefficient (Wildman–Crippen LogP) is -1.02. The van der Waals surface area contributed by atoms with E-state index >= 15 is 0 Å². The van der Waals surface area contributed by atoms with Gasteiger partial charge in [0.05, 0.1) is 0 Å². The molecule has 0 saturated carbocycles. The first-order valence-electron chi connectivity index (χ1n) is 6.77. The number of ketones is 1. The standard InChI is InChI=1S/C12H22N4O2/c17-11(3-8-15-6-1-2-7-15)12(18)14-16-9-4-13-5-10-16/h13H,1-10H2,(H,14,18). The van der Waals surface area contributed by atoms with E-state index < -0.39 is 5.91 Å². The van der Waals surface area contributed by atoms with Gasteiger partial charge in [-0.2, -0.15) is 0 Å². The van der Waals surface area contributed by atoms with Crippen LogP contribution in [0.5, 0.6) is 0 Å². The fourth-order valence-corrected chi connectivity index (χ4v) is 2.36. The number of rotatable bonds is 5. The van der Waals surface area contributed by atoms with Crippen LogP contribution in [0.15, 0.2) is 0 Å². The van der Waals surface area contributed by atoms with E-state index in [1.54, 1.807) is 0 Å². The smallest absolute Gasteiger partial charge is 0.301 e. The molecule has 0 aliphatic carbocycles. The number of hydrogen-bond acceptors (Lipinski definition) is 5. The Morgan fingerprint density at radius 1 is 1.06 bits per heavy atom. The van der Waals surface area contributed by atoms with E-state index in [2.05, 4.69) is 15.6 Å². The Morgan fingerprint density at radius 2 is 1.72 bits per heavy atom. The molecule has 0 unspecified atom stereocenters. The second kappa shape index (κ2) is 6.82. The van der Waals surface area contributed by atoms with Gasteiger partial charge < -0.3 is 10.2 Å². The number of likely N-dealkylation sites (tertiary alicyclic amines) is 1. The first kappa shape index (κ1) is 13.5. The third-order valence-electron chi connectivity index (χ3n) is 3.48. The van der Waals surface area contributed by atoms with Crippen molar-refractivity contribution in [2.45, 2.75) is 19.3 Å². The monoisotopic (exact) mass is 254 g/mol. The number of hydrogen-bond donors (Lipinski definition) is 2. The summed E-state index contributed by atoms with van der Waals surface area (Å²) in [5, 5.41) is 5.01. The summed E-state index contributed by atoms with van der Waals surface area (Å²) in [4.78, 5) is 25.6. The molecule has 0 atom stereocenters. The molecule has 0 bridgehead atoms. The van der Waals surface area contributed by atoms with Gasteiger partial charge in [-0.05, 0) is 25.9 Å². The quantitative estimate of drug-likeness (QED) is 0.615. The van der Waals surface area contributed by atoms with Crippen molar-refractivity contribution in [1.82, 2.24) is 20.7 Å². The largest absolute Gasteiger partial charge is 0.314 e. The Morgan fingerprint density at radius 3 is 2.39 bits per heavy atom. The molecule has 6 heteroatoms. The molecule has 2 aliphatic heterocycles. The molecule has 2 aliphatic rings. The van der Waals surface area contributed by atoms with Crippen LogP contribution in [0.4, 0.5) is 0 Å². The lowest BCUT2D eigenvalue weighted by Crippen LogP contribution is -2.53. The van der Waals surface area contributed by atoms with Crippen LogP contribution in [0.1, 0.15) is 19.3 Å².